The molecule has 2 aromatic heterocycles. The van der Waals surface area contributed by atoms with Gasteiger partial charge >= 0.3 is 0 Å². The van der Waals surface area contributed by atoms with Crippen molar-refractivity contribution in [1.82, 2.24) is 19.7 Å². The van der Waals surface area contributed by atoms with Crippen molar-refractivity contribution in [3.8, 4) is 11.3 Å². The zero-order valence-electron chi connectivity index (χ0n) is 13.6. The molecule has 0 aliphatic carbocycles. The minimum atomic E-state index is 0. The molecule has 0 unspecified atom stereocenters. The Bertz CT molecular complexity index is 722. The van der Waals surface area contributed by atoms with Gasteiger partial charge in [-0.15, -0.1) is 0 Å². The summed E-state index contributed by atoms with van der Waals surface area (Å²) >= 11 is 0. The summed E-state index contributed by atoms with van der Waals surface area (Å²) in [6.45, 7) is 10.5. The second kappa shape index (κ2) is 10.8. The molecule has 2 heterocycles. The Kier molecular flexibility index (Phi) is 9.94. The van der Waals surface area contributed by atoms with Gasteiger partial charge in [0.2, 0.25) is 0 Å². The van der Waals surface area contributed by atoms with Crippen LogP contribution in [0.5, 0.6) is 0 Å². The van der Waals surface area contributed by atoms with E-state index >= 15 is 0 Å². The van der Waals surface area contributed by atoms with Gasteiger partial charge in [0.15, 0.2) is 0 Å². The third-order valence-corrected chi connectivity index (χ3v) is 2.61. The first-order valence-corrected chi connectivity index (χ1v) is 6.94. The van der Waals surface area contributed by atoms with Gasteiger partial charge in [0.1, 0.15) is 12.1 Å². The Morgan fingerprint density at radius 3 is 2.30 bits per heavy atom. The number of anilines is 1. The van der Waals surface area contributed by atoms with Gasteiger partial charge in [0.25, 0.3) is 0 Å². The number of nitrogens with zero attached hydrogens (tertiary/aromatic N) is 4. The van der Waals surface area contributed by atoms with Crippen LogP contribution in [0.3, 0.4) is 0 Å². The predicted octanol–water partition coefficient (Wildman–Crippen LogP) is 3.75. The van der Waals surface area contributed by atoms with Gasteiger partial charge in [0, 0.05) is 49.3 Å². The second-order valence-corrected chi connectivity index (χ2v) is 3.96. The Morgan fingerprint density at radius 2 is 1.74 bits per heavy atom. The van der Waals surface area contributed by atoms with E-state index in [0.717, 1.165) is 16.6 Å². The van der Waals surface area contributed by atoms with E-state index < -0.39 is 0 Å². The number of hydrogen-bond donors (Lipinski definition) is 1. The number of aromatic nitrogens is 4. The van der Waals surface area contributed by atoms with Crippen LogP contribution in [0.2, 0.25) is 0 Å². The molecule has 2 N–H and O–H groups in total. The maximum Gasteiger partial charge on any atom is 0.120 e. The molecule has 0 saturated carbocycles. The number of hydrogen-bond acceptors (Lipinski definition) is 4. The maximum absolute atomic E-state index is 5.88. The first kappa shape index (κ1) is 21.2. The summed E-state index contributed by atoms with van der Waals surface area (Å²) in [6, 6.07) is 9.78. The average Bonchev–Trinajstić information content (AvgIpc) is 2.90. The maximum atomic E-state index is 5.88. The number of benzene rings is 1. The van der Waals surface area contributed by atoms with E-state index in [-0.39, 0.29) is 32.7 Å². The Morgan fingerprint density at radius 1 is 1.17 bits per heavy atom. The van der Waals surface area contributed by atoms with Crippen LogP contribution < -0.4 is 5.73 Å². The number of nitrogen functional groups attached to an aromatic ring is 1. The third kappa shape index (κ3) is 5.08. The fourth-order valence-corrected chi connectivity index (χ4v) is 1.83. The molecule has 5 nitrogen and oxygen atoms in total. The summed E-state index contributed by atoms with van der Waals surface area (Å²) in [4.78, 5) is 8.13. The van der Waals surface area contributed by atoms with Crippen molar-refractivity contribution < 1.29 is 32.7 Å². The molecule has 6 heteroatoms. The van der Waals surface area contributed by atoms with Crippen molar-refractivity contribution in [2.45, 2.75) is 13.8 Å². The van der Waals surface area contributed by atoms with Gasteiger partial charge in [-0.3, -0.25) is 0 Å². The van der Waals surface area contributed by atoms with E-state index in [9.17, 15) is 0 Å². The van der Waals surface area contributed by atoms with Crippen LogP contribution >= 0.6 is 0 Å². The van der Waals surface area contributed by atoms with Gasteiger partial charge in [-0.1, -0.05) is 44.2 Å². The summed E-state index contributed by atoms with van der Waals surface area (Å²) in [5.41, 5.74) is 8.24. The fraction of sp³-hybridized carbons (Fsp3) is 0.118. The average molecular weight is 384 g/mol. The molecule has 1 radical (unpaired) electrons. The van der Waals surface area contributed by atoms with E-state index in [1.165, 1.54) is 17.1 Å². The first-order valence-electron chi connectivity index (χ1n) is 6.94. The number of allylic oxidation sites excluding steroid dienone is 1. The van der Waals surface area contributed by atoms with E-state index in [4.69, 9.17) is 5.73 Å². The normalized spacial score (nSPS) is 8.78. The fourth-order valence-electron chi connectivity index (χ4n) is 1.83. The molecule has 119 valence electrons. The van der Waals surface area contributed by atoms with Crippen molar-refractivity contribution in [3.63, 3.8) is 0 Å². The molecule has 0 saturated heterocycles. The van der Waals surface area contributed by atoms with Crippen molar-refractivity contribution in [3.05, 3.63) is 63.3 Å². The molecule has 1 aromatic carbocycles. The Hall–Kier alpha value is -1.85. The van der Waals surface area contributed by atoms with Gasteiger partial charge < -0.3 is 15.4 Å². The molecule has 3 rings (SSSR count). The summed E-state index contributed by atoms with van der Waals surface area (Å²) in [6.07, 6.45) is 2.91. The monoisotopic (exact) mass is 384 g/mol. The van der Waals surface area contributed by atoms with Crippen molar-refractivity contribution in [2.24, 2.45) is 0 Å². The number of nitrogens with two attached hydrogens (primary N) is 1. The van der Waals surface area contributed by atoms with Crippen LogP contribution in [-0.2, 0) is 32.7 Å². The summed E-state index contributed by atoms with van der Waals surface area (Å²) in [7, 11) is 3.80. The zero-order chi connectivity index (χ0) is 16.5. The standard InChI is InChI=1S/C12H10N5.C3H5.C2H6.Y/c1-17-12-9(11(13)14-7-15-12)10(16-17)8-5-3-2-4-6-8;1-3-2;1-2;/h2-7H,1H2,(H2,13,14,15);3H,1-2H2;1-2H3;/q2*-1;;. The van der Waals surface area contributed by atoms with E-state index in [0.29, 0.717) is 11.5 Å². The van der Waals surface area contributed by atoms with Crippen LogP contribution in [0.15, 0.2) is 49.3 Å². The topological polar surface area (TPSA) is 69.6 Å². The van der Waals surface area contributed by atoms with Crippen molar-refractivity contribution >= 4 is 16.9 Å². The van der Waals surface area contributed by atoms with Crippen LogP contribution in [0.4, 0.5) is 5.82 Å². The van der Waals surface area contributed by atoms with E-state index in [1.807, 2.05) is 44.2 Å². The Labute approximate surface area is 162 Å². The molecule has 0 aliphatic rings. The quantitative estimate of drug-likeness (QED) is 0.649. The van der Waals surface area contributed by atoms with Crippen LogP contribution in [-0.4, -0.2) is 19.7 Å². The molecule has 0 amide bonds. The summed E-state index contributed by atoms with van der Waals surface area (Å²) < 4.78 is 1.47. The Balaban J connectivity index is 0.000000729. The van der Waals surface area contributed by atoms with Gasteiger partial charge in [0.05, 0.1) is 5.69 Å². The number of rotatable bonds is 1. The van der Waals surface area contributed by atoms with Crippen LogP contribution in [0, 0.1) is 14.0 Å². The number of fused-ring (bicyclic) bond motifs is 1. The van der Waals surface area contributed by atoms with Crippen LogP contribution in [0.1, 0.15) is 13.8 Å². The van der Waals surface area contributed by atoms with Crippen LogP contribution in [0.25, 0.3) is 22.3 Å². The molecule has 23 heavy (non-hydrogen) atoms. The molecule has 0 spiro atoms. The third-order valence-electron chi connectivity index (χ3n) is 2.61. The SMILES string of the molecule is C=C[CH2-].CC.[CH2-]n1nc(-c2ccccc2)c2c(N)ncnc21.[Y]. The van der Waals surface area contributed by atoms with Crippen molar-refractivity contribution in [2.75, 3.05) is 5.73 Å². The summed E-state index contributed by atoms with van der Waals surface area (Å²) in [5, 5.41) is 5.09. The van der Waals surface area contributed by atoms with E-state index in [1.54, 1.807) is 0 Å². The smallest absolute Gasteiger partial charge is 0.120 e. The molecule has 0 fully saturated rings. The molecular weight excluding hydrogens is 363 g/mol. The molecule has 0 atom stereocenters. The largest absolute Gasteiger partial charge is 0.385 e. The minimum absolute atomic E-state index is 0. The van der Waals surface area contributed by atoms with Crippen molar-refractivity contribution in [1.29, 1.82) is 0 Å². The molecule has 0 bridgehead atoms. The first-order chi connectivity index (χ1) is 10.7. The molecule has 0 aliphatic heterocycles. The zero-order valence-corrected chi connectivity index (χ0v) is 16.4. The van der Waals surface area contributed by atoms with Gasteiger partial charge in [-0.2, -0.15) is 7.05 Å². The second-order valence-electron chi connectivity index (χ2n) is 3.96. The summed E-state index contributed by atoms with van der Waals surface area (Å²) in [5.74, 6) is 0.420. The molecular formula is C17H21N5Y-2. The van der Waals surface area contributed by atoms with Gasteiger partial charge in [-0.05, 0) is 0 Å². The van der Waals surface area contributed by atoms with E-state index in [2.05, 4.69) is 35.6 Å². The van der Waals surface area contributed by atoms with Gasteiger partial charge in [-0.25, -0.2) is 29.7 Å². The minimum Gasteiger partial charge on any atom is -0.385 e. The molecule has 3 aromatic rings. The predicted molar refractivity (Wildman–Crippen MR) is 92.8 cm³/mol.